The lowest BCUT2D eigenvalue weighted by Gasteiger charge is -2.31. The third-order valence-corrected chi connectivity index (χ3v) is 3.89. The first-order valence-corrected chi connectivity index (χ1v) is 6.30. The molecular formula is C14H17NO4. The van der Waals surface area contributed by atoms with Crippen molar-refractivity contribution in [1.82, 2.24) is 0 Å². The summed E-state index contributed by atoms with van der Waals surface area (Å²) in [5, 5.41) is 18.3. The molecule has 0 aliphatic heterocycles. The number of benzene rings is 1. The number of rotatable bonds is 3. The van der Waals surface area contributed by atoms with Crippen molar-refractivity contribution in [2.24, 2.45) is 11.8 Å². The van der Waals surface area contributed by atoms with Crippen LogP contribution in [0.5, 0.6) is 0 Å². The van der Waals surface area contributed by atoms with Crippen LogP contribution in [0.3, 0.4) is 0 Å². The monoisotopic (exact) mass is 263 g/mol. The molecular weight excluding hydrogens is 246 g/mol. The Morgan fingerprint density at radius 1 is 1.00 bits per heavy atom. The Kier molecular flexibility index (Phi) is 3.74. The van der Waals surface area contributed by atoms with E-state index in [1.165, 1.54) is 0 Å². The Bertz CT molecular complexity index is 483. The highest BCUT2D eigenvalue weighted by Crippen LogP contribution is 2.40. The average Bonchev–Trinajstić information content (AvgIpc) is 2.38. The van der Waals surface area contributed by atoms with Crippen molar-refractivity contribution in [1.29, 1.82) is 0 Å². The van der Waals surface area contributed by atoms with Gasteiger partial charge in [-0.15, -0.1) is 0 Å². The molecule has 0 amide bonds. The van der Waals surface area contributed by atoms with E-state index in [0.29, 0.717) is 24.9 Å². The minimum absolute atomic E-state index is 0.0947. The first-order chi connectivity index (χ1) is 8.99. The molecule has 0 saturated heterocycles. The van der Waals surface area contributed by atoms with Gasteiger partial charge in [-0.25, -0.2) is 0 Å². The molecule has 5 nitrogen and oxygen atoms in total. The van der Waals surface area contributed by atoms with Gasteiger partial charge >= 0.3 is 11.9 Å². The molecule has 0 bridgehead atoms. The topological polar surface area (TPSA) is 101 Å². The number of nitrogens with two attached hydrogens (primary N) is 1. The van der Waals surface area contributed by atoms with Crippen molar-refractivity contribution in [3.8, 4) is 0 Å². The minimum atomic E-state index is -1.02. The fraction of sp³-hybridized carbons (Fsp3) is 0.429. The molecule has 0 heterocycles. The number of nitrogen functional groups attached to an aromatic ring is 1. The van der Waals surface area contributed by atoms with E-state index in [1.54, 1.807) is 12.1 Å². The van der Waals surface area contributed by atoms with Gasteiger partial charge in [-0.05, 0) is 42.9 Å². The first kappa shape index (κ1) is 13.4. The van der Waals surface area contributed by atoms with Crippen LogP contribution in [-0.2, 0) is 9.59 Å². The second kappa shape index (κ2) is 5.30. The standard InChI is InChI=1S/C14H17NO4/c15-10-4-1-8(2-5-10)9-3-6-11(13(16)17)12(7-9)14(18)19/h1-2,4-5,9,11-12H,3,6-7,15H2,(H,16,17)(H,18,19). The van der Waals surface area contributed by atoms with Crippen LogP contribution in [0, 0.1) is 11.8 Å². The van der Waals surface area contributed by atoms with Gasteiger partial charge in [-0.1, -0.05) is 12.1 Å². The van der Waals surface area contributed by atoms with Gasteiger partial charge in [0.15, 0.2) is 0 Å². The second-order valence-electron chi connectivity index (χ2n) is 5.07. The zero-order valence-electron chi connectivity index (χ0n) is 10.5. The molecule has 1 aliphatic rings. The Balaban J connectivity index is 2.17. The molecule has 3 atom stereocenters. The summed E-state index contributed by atoms with van der Waals surface area (Å²) >= 11 is 0. The maximum Gasteiger partial charge on any atom is 0.307 e. The molecule has 0 spiro atoms. The van der Waals surface area contributed by atoms with Crippen molar-refractivity contribution in [3.63, 3.8) is 0 Å². The van der Waals surface area contributed by atoms with Crippen LogP contribution < -0.4 is 5.73 Å². The van der Waals surface area contributed by atoms with Crippen LogP contribution in [0.4, 0.5) is 5.69 Å². The number of hydrogen-bond acceptors (Lipinski definition) is 3. The molecule has 102 valence electrons. The van der Waals surface area contributed by atoms with Crippen LogP contribution in [-0.4, -0.2) is 22.2 Å². The van der Waals surface area contributed by atoms with Gasteiger partial charge in [0, 0.05) is 5.69 Å². The van der Waals surface area contributed by atoms with E-state index >= 15 is 0 Å². The number of hydrogen-bond donors (Lipinski definition) is 3. The first-order valence-electron chi connectivity index (χ1n) is 6.30. The third-order valence-electron chi connectivity index (χ3n) is 3.89. The highest BCUT2D eigenvalue weighted by atomic mass is 16.4. The van der Waals surface area contributed by atoms with E-state index < -0.39 is 23.8 Å². The number of carboxylic acid groups (broad SMARTS) is 2. The zero-order chi connectivity index (χ0) is 14.0. The summed E-state index contributed by atoms with van der Waals surface area (Å²) in [7, 11) is 0. The zero-order valence-corrected chi connectivity index (χ0v) is 10.5. The van der Waals surface area contributed by atoms with E-state index in [0.717, 1.165) is 5.56 Å². The lowest BCUT2D eigenvalue weighted by Crippen LogP contribution is -2.35. The quantitative estimate of drug-likeness (QED) is 0.723. The Labute approximate surface area is 111 Å². The maximum absolute atomic E-state index is 11.2. The summed E-state index contributed by atoms with van der Waals surface area (Å²) < 4.78 is 0. The van der Waals surface area contributed by atoms with Gasteiger partial charge in [-0.2, -0.15) is 0 Å². The molecule has 1 aliphatic carbocycles. The number of aliphatic carboxylic acids is 2. The highest BCUT2D eigenvalue weighted by molar-refractivity contribution is 5.80. The van der Waals surface area contributed by atoms with Gasteiger partial charge in [0.2, 0.25) is 0 Å². The largest absolute Gasteiger partial charge is 0.481 e. The second-order valence-corrected chi connectivity index (χ2v) is 5.07. The highest BCUT2D eigenvalue weighted by Gasteiger charge is 2.39. The molecule has 0 radical (unpaired) electrons. The molecule has 4 N–H and O–H groups in total. The van der Waals surface area contributed by atoms with Crippen LogP contribution in [0.2, 0.25) is 0 Å². The van der Waals surface area contributed by atoms with Crippen LogP contribution in [0.25, 0.3) is 0 Å². The maximum atomic E-state index is 11.2. The van der Waals surface area contributed by atoms with E-state index in [-0.39, 0.29) is 5.92 Å². The number of carboxylic acids is 2. The van der Waals surface area contributed by atoms with Crippen molar-refractivity contribution < 1.29 is 19.8 Å². The number of anilines is 1. The van der Waals surface area contributed by atoms with Crippen molar-refractivity contribution in [2.75, 3.05) is 5.73 Å². The molecule has 1 aromatic carbocycles. The third kappa shape index (κ3) is 2.86. The lowest BCUT2D eigenvalue weighted by atomic mass is 9.72. The number of carbonyl (C=O) groups is 2. The summed E-state index contributed by atoms with van der Waals surface area (Å²) in [6, 6.07) is 7.35. The normalized spacial score (nSPS) is 26.8. The molecule has 5 heteroatoms. The molecule has 19 heavy (non-hydrogen) atoms. The van der Waals surface area contributed by atoms with Gasteiger partial charge < -0.3 is 15.9 Å². The van der Waals surface area contributed by atoms with Gasteiger partial charge in [0.1, 0.15) is 0 Å². The predicted octanol–water partition coefficient (Wildman–Crippen LogP) is 1.94. The summed E-state index contributed by atoms with van der Waals surface area (Å²) in [6.45, 7) is 0. The average molecular weight is 263 g/mol. The van der Waals surface area contributed by atoms with Crippen LogP contribution in [0.15, 0.2) is 24.3 Å². The van der Waals surface area contributed by atoms with Crippen molar-refractivity contribution in [3.05, 3.63) is 29.8 Å². The smallest absolute Gasteiger partial charge is 0.307 e. The van der Waals surface area contributed by atoms with Crippen LogP contribution in [0.1, 0.15) is 30.7 Å². The minimum Gasteiger partial charge on any atom is -0.481 e. The van der Waals surface area contributed by atoms with E-state index in [1.807, 2.05) is 12.1 Å². The van der Waals surface area contributed by atoms with Gasteiger partial charge in [0.05, 0.1) is 11.8 Å². The van der Waals surface area contributed by atoms with E-state index in [2.05, 4.69) is 0 Å². The summed E-state index contributed by atoms with van der Waals surface area (Å²) in [5.41, 5.74) is 7.32. The Hall–Kier alpha value is -2.04. The fourth-order valence-corrected chi connectivity index (χ4v) is 2.81. The Morgan fingerprint density at radius 3 is 2.11 bits per heavy atom. The van der Waals surface area contributed by atoms with E-state index in [9.17, 15) is 14.7 Å². The summed E-state index contributed by atoms with van der Waals surface area (Å²) in [6.07, 6.45) is 1.47. The van der Waals surface area contributed by atoms with E-state index in [4.69, 9.17) is 10.8 Å². The van der Waals surface area contributed by atoms with Gasteiger partial charge in [-0.3, -0.25) is 9.59 Å². The van der Waals surface area contributed by atoms with Crippen molar-refractivity contribution in [2.45, 2.75) is 25.2 Å². The molecule has 2 rings (SSSR count). The van der Waals surface area contributed by atoms with Crippen LogP contribution >= 0.6 is 0 Å². The Morgan fingerprint density at radius 2 is 1.58 bits per heavy atom. The summed E-state index contributed by atoms with van der Waals surface area (Å²) in [5.74, 6) is -3.52. The summed E-state index contributed by atoms with van der Waals surface area (Å²) in [4.78, 5) is 22.3. The van der Waals surface area contributed by atoms with Gasteiger partial charge in [0.25, 0.3) is 0 Å². The molecule has 1 fully saturated rings. The lowest BCUT2D eigenvalue weighted by molar-refractivity contribution is -0.155. The predicted molar refractivity (Wildman–Crippen MR) is 69.7 cm³/mol. The molecule has 0 aromatic heterocycles. The molecule has 1 aromatic rings. The fourth-order valence-electron chi connectivity index (χ4n) is 2.81. The molecule has 1 saturated carbocycles. The molecule has 3 unspecified atom stereocenters. The van der Waals surface area contributed by atoms with Crippen molar-refractivity contribution >= 4 is 17.6 Å². The SMILES string of the molecule is Nc1ccc(C2CCC(C(=O)O)C(C(=O)O)C2)cc1.